The smallest absolute Gasteiger partial charge is 0.253 e. The maximum atomic E-state index is 12.1. The fourth-order valence-corrected chi connectivity index (χ4v) is 16.8. The molecule has 0 radical (unpaired) electrons. The van der Waals surface area contributed by atoms with Crippen LogP contribution in [-0.4, -0.2) is 65.1 Å². The van der Waals surface area contributed by atoms with Gasteiger partial charge in [0.1, 0.15) is 28.9 Å². The number of ether oxygens (including phenoxy) is 2. The molecule has 1 unspecified atom stereocenters. The molecule has 2 N–H and O–H groups in total. The summed E-state index contributed by atoms with van der Waals surface area (Å²) in [4.78, 5) is 101. The number of hydrogen-bond donors (Lipinski definition) is 2. The van der Waals surface area contributed by atoms with Crippen LogP contribution in [0.25, 0.3) is 44.5 Å². The highest BCUT2D eigenvalue weighted by atomic mass is 16.5. The van der Waals surface area contributed by atoms with Crippen molar-refractivity contribution in [2.45, 2.75) is 214 Å². The second-order valence-corrected chi connectivity index (χ2v) is 31.8. The van der Waals surface area contributed by atoms with Gasteiger partial charge in [-0.15, -0.1) is 0 Å². The minimum atomic E-state index is 0.00874. The molecular weight excluding hydrogens is 1360 g/mol. The Kier molecular flexibility index (Phi) is 24.3. The lowest BCUT2D eigenvalue weighted by molar-refractivity contribution is -0.119. The Morgan fingerprint density at radius 3 is 1.30 bits per heavy atom. The largest absolute Gasteiger partial charge is 0.493 e. The van der Waals surface area contributed by atoms with Gasteiger partial charge >= 0.3 is 0 Å². The van der Waals surface area contributed by atoms with E-state index >= 15 is 0 Å². The number of benzene rings is 4. The molecule has 0 aliphatic heterocycles. The van der Waals surface area contributed by atoms with Gasteiger partial charge in [0.2, 0.25) is 0 Å². The number of fused-ring (bicyclic) bond motifs is 4. The summed E-state index contributed by atoms with van der Waals surface area (Å²) >= 11 is 0. The molecule has 1 atom stereocenters. The summed E-state index contributed by atoms with van der Waals surface area (Å²) in [6.45, 7) is 11.6. The quantitative estimate of drug-likeness (QED) is 0.0923. The Labute approximate surface area is 639 Å². The molecule has 16 rings (SSSR count). The molecule has 9 aromatic rings. The van der Waals surface area contributed by atoms with Crippen molar-refractivity contribution in [3.63, 3.8) is 0 Å². The number of ketones is 4. The zero-order chi connectivity index (χ0) is 76.7. The van der Waals surface area contributed by atoms with E-state index in [-0.39, 0.29) is 39.8 Å². The Hall–Kier alpha value is -9.97. The summed E-state index contributed by atoms with van der Waals surface area (Å²) in [5, 5.41) is 7.28. The minimum absolute atomic E-state index is 0.00874. The van der Waals surface area contributed by atoms with Gasteiger partial charge in [-0.05, 0) is 260 Å². The highest BCUT2D eigenvalue weighted by Gasteiger charge is 2.28. The van der Waals surface area contributed by atoms with E-state index in [4.69, 9.17) is 9.47 Å². The lowest BCUT2D eigenvalue weighted by atomic mass is 9.85. The van der Waals surface area contributed by atoms with Crippen molar-refractivity contribution < 1.29 is 28.7 Å². The molecule has 5 heterocycles. The van der Waals surface area contributed by atoms with Crippen molar-refractivity contribution in [3.8, 4) is 50.3 Å². The van der Waals surface area contributed by atoms with E-state index in [2.05, 4.69) is 71.1 Å². The summed E-state index contributed by atoms with van der Waals surface area (Å²) in [6, 6.07) is 31.6. The summed E-state index contributed by atoms with van der Waals surface area (Å²) < 4.78 is 18.9. The number of pyridine rings is 5. The molecule has 3 fully saturated rings. The number of Topliss-reactive ketones (excluding diaryl/α,β-unsaturated/α-hetero) is 4. The van der Waals surface area contributed by atoms with E-state index < -0.39 is 0 Å². The highest BCUT2D eigenvalue weighted by molar-refractivity contribution is 5.88. The van der Waals surface area contributed by atoms with Crippen LogP contribution in [0.1, 0.15) is 193 Å². The summed E-state index contributed by atoms with van der Waals surface area (Å²) in [5.41, 5.74) is 25.3. The van der Waals surface area contributed by atoms with E-state index in [9.17, 15) is 38.4 Å². The van der Waals surface area contributed by atoms with Crippen molar-refractivity contribution in [2.24, 2.45) is 34.1 Å². The number of rotatable bonds is 16. The Morgan fingerprint density at radius 1 is 0.440 bits per heavy atom. The van der Waals surface area contributed by atoms with Gasteiger partial charge < -0.3 is 38.4 Å². The fourth-order valence-electron chi connectivity index (χ4n) is 16.8. The van der Waals surface area contributed by atoms with Crippen molar-refractivity contribution in [3.05, 3.63) is 247 Å². The van der Waals surface area contributed by atoms with E-state index in [1.165, 1.54) is 91.2 Å². The number of carbonyl (C=O) groups excluding carboxylic acids is 4. The number of aromatic nitrogens is 5. The molecule has 109 heavy (non-hydrogen) atoms. The van der Waals surface area contributed by atoms with Gasteiger partial charge in [-0.3, -0.25) is 43.3 Å². The Morgan fingerprint density at radius 2 is 0.853 bits per heavy atom. The zero-order valence-electron chi connectivity index (χ0n) is 65.1. The molecule has 3 saturated carbocycles. The molecular formula is C92H105N7O10. The van der Waals surface area contributed by atoms with Crippen molar-refractivity contribution >= 4 is 28.8 Å². The summed E-state index contributed by atoms with van der Waals surface area (Å²) in [7, 11) is 7.15. The molecule has 0 saturated heterocycles. The van der Waals surface area contributed by atoms with Crippen molar-refractivity contribution in [1.82, 2.24) is 28.6 Å². The predicted octanol–water partition coefficient (Wildman–Crippen LogP) is 14.9. The third kappa shape index (κ3) is 18.5. The standard InChI is InChI=1S/C24H25N3O2.C23H28N2O2.C23H27NO3.C22H25NO3/c1-15-10-19(14-27(3)24(15)29)18-11-17-7-8-20(28)13-21(17)23(12-18)26-16(2)22-6-4-5-9-25-22;1-15-9-19(14-25(2)23(15)27)17-10-16-7-8-21(26)12-22(16)18(11-17)13-24-20-5-3-4-6-20;1-15-9-18(13-24(2)23(15)26)17-10-16-7-8-20(25)12-22(16)19(11-17)14-27-21-5-3-4-6-21;1-14-8-18(12-23(2)22(14)25)17-9-16-6-7-19(24)11-20(16)21(10-17)26-13-15-4-3-5-15/h4-6,9-12,14,16,26H,7-8,13H2,1-3H3;9-11,14,20,24H,3-8,12-13H2,1-2H3;9-11,13,21H,3-8,12,14H2,1-2H3;8-10,12,15H,3-7,11,13H2,1-2H3. The fraction of sp³-hybridized carbons (Fsp3) is 0.424. The van der Waals surface area contributed by atoms with Gasteiger partial charge in [-0.25, -0.2) is 0 Å². The average molecular weight is 1470 g/mol. The monoisotopic (exact) mass is 1470 g/mol. The summed E-state index contributed by atoms with van der Waals surface area (Å²) in [5.74, 6) is 2.72. The Balaban J connectivity index is 0.000000128. The molecule has 7 aliphatic carbocycles. The maximum Gasteiger partial charge on any atom is 0.253 e. The lowest BCUT2D eigenvalue weighted by Crippen LogP contribution is -2.27. The van der Waals surface area contributed by atoms with Crippen LogP contribution in [0.2, 0.25) is 0 Å². The van der Waals surface area contributed by atoms with Crippen LogP contribution in [-0.2, 0) is 117 Å². The van der Waals surface area contributed by atoms with Gasteiger partial charge in [0.15, 0.2) is 0 Å². The first-order valence-electron chi connectivity index (χ1n) is 39.5. The molecule has 0 amide bonds. The molecule has 0 bridgehead atoms. The van der Waals surface area contributed by atoms with Crippen LogP contribution in [0, 0.1) is 33.6 Å². The number of hydrogen-bond acceptors (Lipinski definition) is 13. The molecule has 4 aromatic carbocycles. The number of aryl methyl sites for hydroxylation is 12. The van der Waals surface area contributed by atoms with E-state index in [0.717, 1.165) is 152 Å². The molecule has 17 heteroatoms. The van der Waals surface area contributed by atoms with Crippen LogP contribution in [0.5, 0.6) is 5.75 Å². The number of nitrogens with one attached hydrogen (secondary N) is 2. The first-order chi connectivity index (χ1) is 52.4. The van der Waals surface area contributed by atoms with Crippen molar-refractivity contribution in [2.75, 3.05) is 11.9 Å². The highest BCUT2D eigenvalue weighted by Crippen LogP contribution is 2.39. The molecule has 568 valence electrons. The minimum Gasteiger partial charge on any atom is -0.493 e. The van der Waals surface area contributed by atoms with E-state index in [1.807, 2.05) is 94.9 Å². The van der Waals surface area contributed by atoms with Gasteiger partial charge in [-0.2, -0.15) is 0 Å². The molecule has 17 nitrogen and oxygen atoms in total. The topological polar surface area (TPSA) is 212 Å². The SMILES string of the molecule is Cc1cc(-c2cc3c(c(CNC4CCCC4)c2)CC(=O)CC3)cn(C)c1=O.Cc1cc(-c2cc3c(c(COC4CCCC4)c2)CC(=O)CC3)cn(C)c1=O.Cc1cc(-c2cc3c(c(NC(C)c4ccccn4)c2)CC(=O)CC3)cn(C)c1=O.Cc1cc(-c2cc3c(c(OCC4CCC4)c2)CC(=O)CC3)cn(C)c1=O. The maximum absolute atomic E-state index is 12.1. The number of anilines is 1. The Bertz CT molecular complexity index is 4960. The molecule has 7 aliphatic rings. The van der Waals surface area contributed by atoms with Gasteiger partial charge in [-0.1, -0.05) is 62.4 Å². The predicted molar refractivity (Wildman–Crippen MR) is 431 cm³/mol. The van der Waals surface area contributed by atoms with Gasteiger partial charge in [0.05, 0.1) is 31.1 Å². The first kappa shape index (κ1) is 77.2. The first-order valence-corrected chi connectivity index (χ1v) is 39.5. The summed E-state index contributed by atoms with van der Waals surface area (Å²) in [6.07, 6.45) is 30.9. The average Bonchev–Trinajstić information content (AvgIpc) is 1.03. The molecule has 0 spiro atoms. The normalized spacial score (nSPS) is 16.4. The van der Waals surface area contributed by atoms with Crippen LogP contribution < -0.4 is 37.6 Å². The van der Waals surface area contributed by atoms with Crippen molar-refractivity contribution in [1.29, 1.82) is 0 Å². The second kappa shape index (κ2) is 34.3. The van der Waals surface area contributed by atoms with Crippen LogP contribution in [0.4, 0.5) is 5.69 Å². The van der Waals surface area contributed by atoms with Gasteiger partial charge in [0.25, 0.3) is 22.2 Å². The van der Waals surface area contributed by atoms with Gasteiger partial charge in [0, 0.05) is 157 Å². The van der Waals surface area contributed by atoms with E-state index in [1.54, 1.807) is 52.7 Å². The van der Waals surface area contributed by atoms with Crippen LogP contribution in [0.3, 0.4) is 0 Å². The van der Waals surface area contributed by atoms with Crippen LogP contribution in [0.15, 0.2) is 141 Å². The number of carbonyl (C=O) groups is 4. The third-order valence-electron chi connectivity index (χ3n) is 23.4. The zero-order valence-corrected chi connectivity index (χ0v) is 65.1. The van der Waals surface area contributed by atoms with E-state index in [0.29, 0.717) is 93.2 Å². The number of nitrogens with zero attached hydrogens (tertiary/aromatic N) is 5. The second-order valence-electron chi connectivity index (χ2n) is 31.8. The van der Waals surface area contributed by atoms with Crippen LogP contribution >= 0.6 is 0 Å². The third-order valence-corrected chi connectivity index (χ3v) is 23.4. The lowest BCUT2D eigenvalue weighted by Gasteiger charge is -2.27. The molecule has 5 aromatic heterocycles.